The van der Waals surface area contributed by atoms with Crippen molar-refractivity contribution in [2.45, 2.75) is 71.3 Å². The highest BCUT2D eigenvalue weighted by molar-refractivity contribution is 5.94. The smallest absolute Gasteiger partial charge is 0.326 e. The van der Waals surface area contributed by atoms with Crippen molar-refractivity contribution in [1.29, 1.82) is 0 Å². The molecule has 0 aromatic rings. The molecular formula is C18H34N4O7. The van der Waals surface area contributed by atoms with Crippen LogP contribution in [-0.2, 0) is 19.2 Å². The second kappa shape index (κ2) is 12.3. The largest absolute Gasteiger partial charge is 0.480 e. The fraction of sp³-hybridized carbons (Fsp3) is 0.778. The van der Waals surface area contributed by atoms with E-state index in [2.05, 4.69) is 16.0 Å². The van der Waals surface area contributed by atoms with Crippen LogP contribution >= 0.6 is 0 Å². The number of carboxylic acid groups (broad SMARTS) is 1. The Morgan fingerprint density at radius 2 is 1.38 bits per heavy atom. The number of hydrogen-bond donors (Lipinski definition) is 7. The first-order valence-electron chi connectivity index (χ1n) is 9.50. The summed E-state index contributed by atoms with van der Waals surface area (Å²) >= 11 is 0. The van der Waals surface area contributed by atoms with Gasteiger partial charge in [-0.3, -0.25) is 14.4 Å². The summed E-state index contributed by atoms with van der Waals surface area (Å²) in [4.78, 5) is 48.1. The van der Waals surface area contributed by atoms with Crippen LogP contribution in [0, 0.1) is 11.8 Å². The quantitative estimate of drug-likeness (QED) is 0.188. The maximum absolute atomic E-state index is 12.4. The van der Waals surface area contributed by atoms with Gasteiger partial charge in [0.15, 0.2) is 0 Å². The molecule has 5 unspecified atom stereocenters. The molecule has 0 bridgehead atoms. The van der Waals surface area contributed by atoms with E-state index >= 15 is 0 Å². The third kappa shape index (κ3) is 9.20. The number of hydrogen-bond acceptors (Lipinski definition) is 7. The fourth-order valence-corrected chi connectivity index (χ4v) is 2.38. The SMILES string of the molecule is CC(C)CC(NC(=O)C(NC(=O)C(CO)NC(=O)C(N)C(C)C)C(C)O)C(=O)O. The molecule has 0 aliphatic rings. The zero-order chi connectivity index (χ0) is 22.9. The number of aliphatic hydroxyl groups excluding tert-OH is 2. The van der Waals surface area contributed by atoms with Crippen LogP contribution in [0.3, 0.4) is 0 Å². The van der Waals surface area contributed by atoms with Gasteiger partial charge in [-0.05, 0) is 25.2 Å². The summed E-state index contributed by atoms with van der Waals surface area (Å²) in [6.45, 7) is 7.47. The van der Waals surface area contributed by atoms with Crippen LogP contribution in [0.2, 0.25) is 0 Å². The standard InChI is InChI=1S/C18H34N4O7/c1-8(2)6-11(18(28)29)20-17(27)14(10(5)24)22-15(25)12(7-23)21-16(26)13(19)9(3)4/h8-14,23-24H,6-7,19H2,1-5H3,(H,20,27)(H,21,26)(H,22,25)(H,28,29). The lowest BCUT2D eigenvalue weighted by Crippen LogP contribution is -2.60. The summed E-state index contributed by atoms with van der Waals surface area (Å²) in [7, 11) is 0. The van der Waals surface area contributed by atoms with Gasteiger partial charge in [-0.1, -0.05) is 27.7 Å². The molecule has 5 atom stereocenters. The van der Waals surface area contributed by atoms with Crippen LogP contribution in [0.5, 0.6) is 0 Å². The normalized spacial score (nSPS) is 16.5. The average molecular weight is 418 g/mol. The van der Waals surface area contributed by atoms with Gasteiger partial charge >= 0.3 is 5.97 Å². The molecule has 0 radical (unpaired) electrons. The second-order valence-electron chi connectivity index (χ2n) is 7.77. The van der Waals surface area contributed by atoms with Crippen LogP contribution in [0.25, 0.3) is 0 Å². The summed E-state index contributed by atoms with van der Waals surface area (Å²) in [6.07, 6.45) is -1.20. The summed E-state index contributed by atoms with van der Waals surface area (Å²) in [5, 5.41) is 35.3. The van der Waals surface area contributed by atoms with Crippen molar-refractivity contribution >= 4 is 23.7 Å². The number of carbonyl (C=O) groups excluding carboxylic acids is 3. The summed E-state index contributed by atoms with van der Waals surface area (Å²) in [5.41, 5.74) is 5.70. The minimum Gasteiger partial charge on any atom is -0.480 e. The van der Waals surface area contributed by atoms with E-state index in [1.807, 2.05) is 0 Å². The van der Waals surface area contributed by atoms with Crippen LogP contribution in [0.15, 0.2) is 0 Å². The number of rotatable bonds is 12. The Morgan fingerprint density at radius 1 is 0.862 bits per heavy atom. The number of nitrogens with one attached hydrogen (secondary N) is 3. The van der Waals surface area contributed by atoms with E-state index in [4.69, 9.17) is 5.73 Å². The summed E-state index contributed by atoms with van der Waals surface area (Å²) < 4.78 is 0. The van der Waals surface area contributed by atoms with Crippen molar-refractivity contribution in [2.75, 3.05) is 6.61 Å². The van der Waals surface area contributed by atoms with Gasteiger partial charge in [0.25, 0.3) is 0 Å². The van der Waals surface area contributed by atoms with E-state index in [0.29, 0.717) is 0 Å². The monoisotopic (exact) mass is 418 g/mol. The lowest BCUT2D eigenvalue weighted by atomic mass is 10.0. The summed E-state index contributed by atoms with van der Waals surface area (Å²) in [6, 6.07) is -4.98. The first kappa shape index (κ1) is 26.8. The molecule has 0 aromatic heterocycles. The molecule has 0 saturated carbocycles. The second-order valence-corrected chi connectivity index (χ2v) is 7.77. The van der Waals surface area contributed by atoms with Gasteiger partial charge in [0.2, 0.25) is 17.7 Å². The van der Waals surface area contributed by atoms with Crippen LogP contribution < -0.4 is 21.7 Å². The van der Waals surface area contributed by atoms with Gasteiger partial charge in [0, 0.05) is 0 Å². The predicted molar refractivity (Wildman–Crippen MR) is 104 cm³/mol. The Bertz CT molecular complexity index is 581. The molecular weight excluding hydrogens is 384 g/mol. The molecule has 29 heavy (non-hydrogen) atoms. The maximum atomic E-state index is 12.4. The van der Waals surface area contributed by atoms with E-state index in [9.17, 15) is 34.5 Å². The van der Waals surface area contributed by atoms with E-state index in [1.54, 1.807) is 27.7 Å². The third-order valence-corrected chi connectivity index (χ3v) is 4.22. The van der Waals surface area contributed by atoms with Gasteiger partial charge in [-0.2, -0.15) is 0 Å². The number of amides is 3. The number of carbonyl (C=O) groups is 4. The zero-order valence-electron chi connectivity index (χ0n) is 17.5. The van der Waals surface area contributed by atoms with E-state index in [-0.39, 0.29) is 18.3 Å². The molecule has 0 spiro atoms. The van der Waals surface area contributed by atoms with Crippen molar-refractivity contribution in [1.82, 2.24) is 16.0 Å². The minimum absolute atomic E-state index is 0.0184. The number of aliphatic carboxylic acids is 1. The van der Waals surface area contributed by atoms with Gasteiger partial charge in [0.1, 0.15) is 18.1 Å². The maximum Gasteiger partial charge on any atom is 0.326 e. The lowest BCUT2D eigenvalue weighted by molar-refractivity contribution is -0.143. The molecule has 168 valence electrons. The Kier molecular flexibility index (Phi) is 11.4. The van der Waals surface area contributed by atoms with E-state index < -0.39 is 60.6 Å². The Morgan fingerprint density at radius 3 is 1.76 bits per heavy atom. The molecule has 0 aromatic carbocycles. The predicted octanol–water partition coefficient (Wildman–Crippen LogP) is -2.07. The van der Waals surface area contributed by atoms with Crippen LogP contribution in [-0.4, -0.2) is 75.9 Å². The molecule has 0 aliphatic heterocycles. The van der Waals surface area contributed by atoms with Gasteiger partial charge in [-0.15, -0.1) is 0 Å². The van der Waals surface area contributed by atoms with Crippen molar-refractivity contribution < 1.29 is 34.5 Å². The first-order valence-corrected chi connectivity index (χ1v) is 9.50. The fourth-order valence-electron chi connectivity index (χ4n) is 2.38. The highest BCUT2D eigenvalue weighted by atomic mass is 16.4. The molecule has 11 nitrogen and oxygen atoms in total. The topological polar surface area (TPSA) is 191 Å². The summed E-state index contributed by atoms with van der Waals surface area (Å²) in [5.74, 6) is -3.95. The van der Waals surface area contributed by atoms with Crippen LogP contribution in [0.1, 0.15) is 41.0 Å². The number of nitrogens with two attached hydrogens (primary N) is 1. The number of aliphatic hydroxyl groups is 2. The van der Waals surface area contributed by atoms with Crippen LogP contribution in [0.4, 0.5) is 0 Å². The molecule has 11 heteroatoms. The lowest BCUT2D eigenvalue weighted by Gasteiger charge is -2.26. The molecule has 0 fully saturated rings. The molecule has 0 aliphatic carbocycles. The van der Waals surface area contributed by atoms with Gasteiger partial charge in [0.05, 0.1) is 18.8 Å². The molecule has 0 saturated heterocycles. The average Bonchev–Trinajstić information content (AvgIpc) is 2.61. The van der Waals surface area contributed by atoms with E-state index in [1.165, 1.54) is 6.92 Å². The molecule has 8 N–H and O–H groups in total. The van der Waals surface area contributed by atoms with E-state index in [0.717, 1.165) is 0 Å². The third-order valence-electron chi connectivity index (χ3n) is 4.22. The molecule has 0 rings (SSSR count). The van der Waals surface area contributed by atoms with Gasteiger partial charge < -0.3 is 37.0 Å². The Balaban J connectivity index is 5.20. The van der Waals surface area contributed by atoms with Crippen molar-refractivity contribution in [3.05, 3.63) is 0 Å². The van der Waals surface area contributed by atoms with Crippen molar-refractivity contribution in [2.24, 2.45) is 17.6 Å². The highest BCUT2D eigenvalue weighted by Gasteiger charge is 2.32. The Labute approximate surface area is 170 Å². The zero-order valence-corrected chi connectivity index (χ0v) is 17.5. The molecule has 0 heterocycles. The Hall–Kier alpha value is -2.24. The molecule has 3 amide bonds. The number of carboxylic acids is 1. The first-order chi connectivity index (χ1) is 13.3. The highest BCUT2D eigenvalue weighted by Crippen LogP contribution is 2.06. The minimum atomic E-state index is -1.48. The van der Waals surface area contributed by atoms with Crippen molar-refractivity contribution in [3.8, 4) is 0 Å². The van der Waals surface area contributed by atoms with Crippen molar-refractivity contribution in [3.63, 3.8) is 0 Å². The van der Waals surface area contributed by atoms with Gasteiger partial charge in [-0.25, -0.2) is 4.79 Å².